The van der Waals surface area contributed by atoms with Gasteiger partial charge in [-0.25, -0.2) is 0 Å². The fraction of sp³-hybridized carbons (Fsp3) is 0.0667. The quantitative estimate of drug-likeness (QED) is 0.767. The number of nitrogens with one attached hydrogen (secondary N) is 1. The summed E-state index contributed by atoms with van der Waals surface area (Å²) in [5.41, 5.74) is 8.40. The molecule has 0 aliphatic heterocycles. The zero-order valence-corrected chi connectivity index (χ0v) is 9.48. The van der Waals surface area contributed by atoms with E-state index in [-0.39, 0.29) is 0 Å². The highest BCUT2D eigenvalue weighted by atomic mass is 14.9. The Kier molecular flexibility index (Phi) is 3.80. The molecule has 3 N–H and O–H groups in total. The smallest absolute Gasteiger partial charge is 0.0555 e. The van der Waals surface area contributed by atoms with Gasteiger partial charge in [0.25, 0.3) is 0 Å². The molecule has 0 bridgehead atoms. The molecule has 2 nitrogen and oxygen atoms in total. The summed E-state index contributed by atoms with van der Waals surface area (Å²) in [5.74, 6) is 5.92. The summed E-state index contributed by atoms with van der Waals surface area (Å²) in [6.45, 7) is 0.375. The van der Waals surface area contributed by atoms with E-state index in [9.17, 15) is 0 Å². The van der Waals surface area contributed by atoms with Crippen molar-refractivity contribution in [2.24, 2.45) is 5.73 Å². The molecule has 0 aromatic heterocycles. The second kappa shape index (κ2) is 5.74. The summed E-state index contributed by atoms with van der Waals surface area (Å²) in [6, 6.07) is 18.0. The van der Waals surface area contributed by atoms with Crippen molar-refractivity contribution in [3.63, 3.8) is 0 Å². The minimum atomic E-state index is 0.375. The van der Waals surface area contributed by atoms with Crippen LogP contribution in [-0.4, -0.2) is 6.54 Å². The molecule has 84 valence electrons. The predicted octanol–water partition coefficient (Wildman–Crippen LogP) is 2.74. The molecule has 17 heavy (non-hydrogen) atoms. The van der Waals surface area contributed by atoms with E-state index in [0.29, 0.717) is 6.54 Å². The molecule has 0 radical (unpaired) electrons. The van der Waals surface area contributed by atoms with Gasteiger partial charge in [0.15, 0.2) is 0 Å². The van der Waals surface area contributed by atoms with Gasteiger partial charge in [-0.2, -0.15) is 0 Å². The highest BCUT2D eigenvalue weighted by Crippen LogP contribution is 2.19. The first-order chi connectivity index (χ1) is 8.40. The maximum absolute atomic E-state index is 5.38. The highest BCUT2D eigenvalue weighted by molar-refractivity contribution is 5.67. The van der Waals surface area contributed by atoms with Crippen molar-refractivity contribution in [2.75, 3.05) is 11.9 Å². The van der Waals surface area contributed by atoms with Gasteiger partial charge in [0.05, 0.1) is 12.2 Å². The molecule has 0 aliphatic carbocycles. The number of para-hydroxylation sites is 2. The zero-order chi connectivity index (χ0) is 11.9. The second-order valence-electron chi connectivity index (χ2n) is 3.54. The van der Waals surface area contributed by atoms with Gasteiger partial charge in [-0.3, -0.25) is 0 Å². The monoisotopic (exact) mass is 222 g/mol. The number of hydrogen-bond acceptors (Lipinski definition) is 2. The van der Waals surface area contributed by atoms with Crippen molar-refractivity contribution in [1.29, 1.82) is 0 Å². The van der Waals surface area contributed by atoms with E-state index in [0.717, 1.165) is 16.9 Å². The Balaban J connectivity index is 2.27. The first kappa shape index (κ1) is 11.3. The average molecular weight is 222 g/mol. The lowest BCUT2D eigenvalue weighted by Gasteiger charge is -2.08. The maximum atomic E-state index is 5.38. The van der Waals surface area contributed by atoms with Gasteiger partial charge < -0.3 is 11.1 Å². The van der Waals surface area contributed by atoms with E-state index >= 15 is 0 Å². The minimum Gasteiger partial charge on any atom is -0.355 e. The third-order valence-electron chi connectivity index (χ3n) is 2.30. The molecule has 0 fully saturated rings. The third-order valence-corrected chi connectivity index (χ3v) is 2.30. The molecule has 0 atom stereocenters. The topological polar surface area (TPSA) is 38.0 Å². The van der Waals surface area contributed by atoms with E-state index in [1.54, 1.807) is 0 Å². The summed E-state index contributed by atoms with van der Waals surface area (Å²) < 4.78 is 0. The van der Waals surface area contributed by atoms with E-state index in [2.05, 4.69) is 17.2 Å². The van der Waals surface area contributed by atoms with Crippen LogP contribution in [0, 0.1) is 11.8 Å². The molecule has 0 heterocycles. The lowest BCUT2D eigenvalue weighted by Crippen LogP contribution is -1.95. The summed E-state index contributed by atoms with van der Waals surface area (Å²) >= 11 is 0. The minimum absolute atomic E-state index is 0.375. The van der Waals surface area contributed by atoms with Crippen LogP contribution in [0.4, 0.5) is 11.4 Å². The summed E-state index contributed by atoms with van der Waals surface area (Å²) in [7, 11) is 0. The first-order valence-electron chi connectivity index (χ1n) is 5.50. The Morgan fingerprint density at radius 3 is 2.41 bits per heavy atom. The van der Waals surface area contributed by atoms with Crippen molar-refractivity contribution in [3.05, 3.63) is 60.2 Å². The van der Waals surface area contributed by atoms with Crippen molar-refractivity contribution < 1.29 is 0 Å². The molecule has 2 aromatic carbocycles. The lowest BCUT2D eigenvalue weighted by atomic mass is 10.1. The van der Waals surface area contributed by atoms with Crippen molar-refractivity contribution >= 4 is 11.4 Å². The summed E-state index contributed by atoms with van der Waals surface area (Å²) in [4.78, 5) is 0. The van der Waals surface area contributed by atoms with Crippen LogP contribution in [0.25, 0.3) is 0 Å². The number of hydrogen-bond donors (Lipinski definition) is 2. The molecule has 0 amide bonds. The Hall–Kier alpha value is -2.24. The van der Waals surface area contributed by atoms with Gasteiger partial charge in [-0.05, 0) is 24.3 Å². The van der Waals surface area contributed by atoms with Crippen LogP contribution in [0.2, 0.25) is 0 Å². The van der Waals surface area contributed by atoms with Gasteiger partial charge in [0.1, 0.15) is 0 Å². The Labute approximate surface area is 101 Å². The average Bonchev–Trinajstić information content (AvgIpc) is 2.39. The van der Waals surface area contributed by atoms with E-state index in [1.165, 1.54) is 0 Å². The first-order valence-corrected chi connectivity index (χ1v) is 5.50. The molecule has 0 spiro atoms. The fourth-order valence-corrected chi connectivity index (χ4v) is 1.52. The van der Waals surface area contributed by atoms with Gasteiger partial charge in [-0.15, -0.1) is 0 Å². The molecule has 0 saturated carbocycles. The normalized spacial score (nSPS) is 9.24. The Morgan fingerprint density at radius 2 is 1.65 bits per heavy atom. The zero-order valence-electron chi connectivity index (χ0n) is 9.48. The van der Waals surface area contributed by atoms with Gasteiger partial charge >= 0.3 is 0 Å². The second-order valence-corrected chi connectivity index (χ2v) is 3.54. The standard InChI is InChI=1S/C15H14N2/c16-12-6-8-13-7-4-5-11-15(13)17-14-9-2-1-3-10-14/h1-5,7,9-11,17H,12,16H2. The third kappa shape index (κ3) is 3.10. The van der Waals surface area contributed by atoms with E-state index in [4.69, 9.17) is 5.73 Å². The Morgan fingerprint density at radius 1 is 0.941 bits per heavy atom. The molecule has 2 rings (SSSR count). The maximum Gasteiger partial charge on any atom is 0.0555 e. The van der Waals surface area contributed by atoms with E-state index in [1.807, 2.05) is 54.6 Å². The summed E-state index contributed by atoms with van der Waals surface area (Å²) in [5, 5.41) is 3.34. The largest absolute Gasteiger partial charge is 0.355 e. The molecule has 2 aromatic rings. The molecule has 0 aliphatic rings. The molecule has 0 saturated heterocycles. The lowest BCUT2D eigenvalue weighted by molar-refractivity contribution is 1.30. The van der Waals surface area contributed by atoms with E-state index < -0.39 is 0 Å². The molecule has 0 unspecified atom stereocenters. The fourth-order valence-electron chi connectivity index (χ4n) is 1.52. The van der Waals surface area contributed by atoms with Crippen molar-refractivity contribution in [3.8, 4) is 11.8 Å². The molecular weight excluding hydrogens is 208 g/mol. The van der Waals surface area contributed by atoms with Crippen LogP contribution in [0.15, 0.2) is 54.6 Å². The predicted molar refractivity (Wildman–Crippen MR) is 72.1 cm³/mol. The highest BCUT2D eigenvalue weighted by Gasteiger charge is 1.98. The van der Waals surface area contributed by atoms with Crippen LogP contribution < -0.4 is 11.1 Å². The van der Waals surface area contributed by atoms with Crippen LogP contribution in [0.3, 0.4) is 0 Å². The van der Waals surface area contributed by atoms with Crippen molar-refractivity contribution in [2.45, 2.75) is 0 Å². The van der Waals surface area contributed by atoms with Crippen LogP contribution in [0.5, 0.6) is 0 Å². The number of anilines is 2. The Bertz CT molecular complexity index is 536. The van der Waals surface area contributed by atoms with Crippen LogP contribution in [0.1, 0.15) is 5.56 Å². The van der Waals surface area contributed by atoms with Gasteiger partial charge in [-0.1, -0.05) is 42.2 Å². The van der Waals surface area contributed by atoms with Crippen LogP contribution in [-0.2, 0) is 0 Å². The van der Waals surface area contributed by atoms with Gasteiger partial charge in [0.2, 0.25) is 0 Å². The molecular formula is C15H14N2. The number of nitrogens with two attached hydrogens (primary N) is 1. The SMILES string of the molecule is NCC#Cc1ccccc1Nc1ccccc1. The number of benzene rings is 2. The number of rotatable bonds is 2. The van der Waals surface area contributed by atoms with Crippen LogP contribution >= 0.6 is 0 Å². The van der Waals surface area contributed by atoms with Gasteiger partial charge in [0, 0.05) is 11.3 Å². The molecule has 2 heteroatoms. The summed E-state index contributed by atoms with van der Waals surface area (Å²) in [6.07, 6.45) is 0. The van der Waals surface area contributed by atoms with Crippen molar-refractivity contribution in [1.82, 2.24) is 0 Å².